The van der Waals surface area contributed by atoms with E-state index < -0.39 is 35.5 Å². The summed E-state index contributed by atoms with van der Waals surface area (Å²) in [6, 6.07) is 0. The minimum atomic E-state index is -0.792. The molecule has 0 spiro atoms. The van der Waals surface area contributed by atoms with E-state index in [1.165, 1.54) is 0 Å². The molecule has 15 heteroatoms. The molecule has 0 aliphatic heterocycles. The number of hydrogen-bond donors (Lipinski definition) is 9. The van der Waals surface area contributed by atoms with Crippen molar-refractivity contribution in [2.45, 2.75) is 272 Å². The molecule has 12 rings (SSSR count). The van der Waals surface area contributed by atoms with Crippen LogP contribution in [0.4, 0.5) is 0 Å². The number of Topliss-reactive ketones (excluding diaryl/α,β-unsaturated/α-hetero) is 3. The Labute approximate surface area is 519 Å². The average Bonchev–Trinajstić information content (AvgIpc) is 1.72. The molecule has 0 aromatic carbocycles. The van der Waals surface area contributed by atoms with Crippen molar-refractivity contribution < 1.29 is 74.7 Å². The van der Waals surface area contributed by atoms with Crippen molar-refractivity contribution in [3.05, 3.63) is 0 Å². The fourth-order valence-electron chi connectivity index (χ4n) is 25.3. The normalized spacial score (nSPS) is 50.4. The van der Waals surface area contributed by atoms with Gasteiger partial charge in [0.15, 0.2) is 0 Å². The van der Waals surface area contributed by atoms with Gasteiger partial charge in [-0.3, -0.25) is 28.8 Å². The third kappa shape index (κ3) is 11.4. The average molecular weight is 1220 g/mol. The van der Waals surface area contributed by atoms with E-state index in [2.05, 4.69) is 62.3 Å². The summed E-state index contributed by atoms with van der Waals surface area (Å²) in [7, 11) is 0. The van der Waals surface area contributed by atoms with Crippen molar-refractivity contribution >= 4 is 35.3 Å². The summed E-state index contributed by atoms with van der Waals surface area (Å²) in [5.74, 6) is 2.52. The number of ketones is 3. The Morgan fingerprint density at radius 3 is 1.29 bits per heavy atom. The highest BCUT2D eigenvalue weighted by Crippen LogP contribution is 2.72. The highest BCUT2D eigenvalue weighted by atomic mass is 16.4. The number of carbonyl (C=O) groups excluding carboxylic acids is 3. The quantitative estimate of drug-likeness (QED) is 0.0878. The molecule has 0 aromatic heterocycles. The number of aliphatic hydroxyl groups excluding tert-OH is 6. The highest BCUT2D eigenvalue weighted by Gasteiger charge is 2.69. The molecule has 0 saturated heterocycles. The van der Waals surface area contributed by atoms with Crippen LogP contribution < -0.4 is 0 Å². The maximum atomic E-state index is 13.6. The molecule has 0 aromatic rings. The zero-order chi connectivity index (χ0) is 63.4. The molecule has 12 aliphatic carbocycles. The monoisotopic (exact) mass is 1220 g/mol. The van der Waals surface area contributed by atoms with E-state index in [9.17, 15) is 59.4 Å². The zero-order valence-corrected chi connectivity index (χ0v) is 54.4. The lowest BCUT2D eigenvalue weighted by Crippen LogP contribution is -2.62. The Kier molecular flexibility index (Phi) is 19.2. The predicted octanol–water partition coefficient (Wildman–Crippen LogP) is 11.0. The molecule has 30 atom stereocenters. The minimum Gasteiger partial charge on any atom is -0.481 e. The van der Waals surface area contributed by atoms with Gasteiger partial charge in [-0.05, 0) is 256 Å². The third-order valence-corrected chi connectivity index (χ3v) is 30.4. The van der Waals surface area contributed by atoms with Crippen LogP contribution in [0.1, 0.15) is 236 Å². The van der Waals surface area contributed by atoms with Crippen LogP contribution in [-0.4, -0.2) is 118 Å². The van der Waals surface area contributed by atoms with Gasteiger partial charge in [-0.1, -0.05) is 62.3 Å². The number of rotatable bonds is 12. The van der Waals surface area contributed by atoms with Crippen LogP contribution in [0.25, 0.3) is 0 Å². The molecule has 87 heavy (non-hydrogen) atoms. The molecule has 492 valence electrons. The van der Waals surface area contributed by atoms with E-state index in [1.54, 1.807) is 0 Å². The molecule has 0 radical (unpaired) electrons. The number of carbonyl (C=O) groups is 6. The summed E-state index contributed by atoms with van der Waals surface area (Å²) >= 11 is 0. The van der Waals surface area contributed by atoms with E-state index in [-0.39, 0.29) is 147 Å². The number of hydrogen-bond acceptors (Lipinski definition) is 12. The summed E-state index contributed by atoms with van der Waals surface area (Å²) in [5.41, 5.74) is -0.884. The molecule has 12 fully saturated rings. The first-order valence-electron chi connectivity index (χ1n) is 35.1. The third-order valence-electron chi connectivity index (χ3n) is 30.4. The second-order valence-electron chi connectivity index (χ2n) is 33.7. The molecular formula is C72H114O15. The van der Waals surface area contributed by atoms with Crippen LogP contribution >= 0.6 is 0 Å². The fourth-order valence-corrected chi connectivity index (χ4v) is 25.3. The summed E-state index contributed by atoms with van der Waals surface area (Å²) in [5, 5.41) is 93.1. The van der Waals surface area contributed by atoms with Crippen LogP contribution in [-0.2, 0) is 28.8 Å². The highest BCUT2D eigenvalue weighted by molar-refractivity contribution is 5.93. The molecule has 15 nitrogen and oxygen atoms in total. The maximum absolute atomic E-state index is 13.6. The Morgan fingerprint density at radius 1 is 0.448 bits per heavy atom. The van der Waals surface area contributed by atoms with Crippen molar-refractivity contribution in [2.24, 2.45) is 139 Å². The van der Waals surface area contributed by atoms with E-state index in [4.69, 9.17) is 15.3 Å². The lowest BCUT2D eigenvalue weighted by Gasteiger charge is -2.63. The Bertz CT molecular complexity index is 2460. The summed E-state index contributed by atoms with van der Waals surface area (Å²) in [4.78, 5) is 72.1. The second kappa shape index (κ2) is 24.9. The lowest BCUT2D eigenvalue weighted by molar-refractivity contribution is -0.207. The van der Waals surface area contributed by atoms with Crippen molar-refractivity contribution in [3.63, 3.8) is 0 Å². The van der Waals surface area contributed by atoms with Crippen molar-refractivity contribution in [3.8, 4) is 0 Å². The molecule has 0 heterocycles. The fraction of sp³-hybridized carbons (Fsp3) is 0.917. The topological polar surface area (TPSA) is 284 Å². The van der Waals surface area contributed by atoms with Gasteiger partial charge in [0.1, 0.15) is 17.3 Å². The number of carboxylic acid groups (broad SMARTS) is 3. The number of aliphatic carboxylic acids is 3. The van der Waals surface area contributed by atoms with Gasteiger partial charge in [0, 0.05) is 56.3 Å². The predicted molar refractivity (Wildman–Crippen MR) is 327 cm³/mol. The molecule has 0 bridgehead atoms. The van der Waals surface area contributed by atoms with E-state index in [0.29, 0.717) is 92.3 Å². The molecule has 0 amide bonds. The first-order valence-corrected chi connectivity index (χ1v) is 35.1. The van der Waals surface area contributed by atoms with Crippen LogP contribution in [0, 0.1) is 139 Å². The minimum absolute atomic E-state index is 0.0659. The van der Waals surface area contributed by atoms with Crippen molar-refractivity contribution in [1.29, 1.82) is 0 Å². The Balaban J connectivity index is 0.000000144. The first-order chi connectivity index (χ1) is 40.8. The molecule has 12 aliphatic rings. The molecule has 0 unspecified atom stereocenters. The molecule has 12 saturated carbocycles. The number of fused-ring (bicyclic) bond motifs is 15. The van der Waals surface area contributed by atoms with Gasteiger partial charge in [-0.25, -0.2) is 0 Å². The van der Waals surface area contributed by atoms with Gasteiger partial charge in [-0.15, -0.1) is 0 Å². The molecular weight excluding hydrogens is 1100 g/mol. The Hall–Kier alpha value is -2.82. The van der Waals surface area contributed by atoms with E-state index in [0.717, 1.165) is 109 Å². The summed E-state index contributed by atoms with van der Waals surface area (Å²) in [6.07, 6.45) is 17.3. The Morgan fingerprint density at radius 2 is 0.851 bits per heavy atom. The van der Waals surface area contributed by atoms with Crippen LogP contribution in [0.5, 0.6) is 0 Å². The van der Waals surface area contributed by atoms with Gasteiger partial charge >= 0.3 is 17.9 Å². The SMILES string of the molecule is C[C@H](CCC(=O)O)[C@H]1CC[C@H]2[C@@H]3C(=O)C[C@@H]4CC(=O)CC[C@]4(C)[C@H]3CC(=O)[C@]12C.C[C@H](CCC(=O)O)[C@H]1CC[C@H]2[C@@H]3[C@H](O)C[C@@H]4C[C@H](O)CC[C@]4(C)[C@H]3C[C@@H](O)[C@]12C.C[C@H](CCC(=O)O)[C@H]1CC[C@H]2[C@@H]3[C@H](O)C[C@@H]4C[C@H](O)CC[C@]4(C)[C@H]3C[C@H](O)[C@]12C. The van der Waals surface area contributed by atoms with Gasteiger partial charge < -0.3 is 46.0 Å². The largest absolute Gasteiger partial charge is 0.481 e. The standard InChI is InChI=1S/2C24H40O5.C24H34O5/c3*1-13(4-7-21(28)29)16-5-6-17-22-18(12-20(27)24(16,17)3)23(2)9-8-15(25)10-14(23)11-19(22)26/h2*13-20,22,25-27H,4-12H2,1-3H3,(H,28,29);13-14,16-18,22H,4-12H2,1-3H3,(H,28,29)/t13-,14+,15-,16-,17+,18+,19-,20+,22+,23+,24-;13-,14+,15-,16-,17+,18+,19-,20-,22+,23+,24-;13-,14+,16-,17+,18+,22+,23+,24-/m111/s1. The second-order valence-corrected chi connectivity index (χ2v) is 33.7. The number of aliphatic hydroxyl groups is 6. The summed E-state index contributed by atoms with van der Waals surface area (Å²) < 4.78 is 0. The summed E-state index contributed by atoms with van der Waals surface area (Å²) in [6.45, 7) is 19.8. The van der Waals surface area contributed by atoms with Crippen LogP contribution in [0.15, 0.2) is 0 Å². The number of carboxylic acids is 3. The van der Waals surface area contributed by atoms with E-state index >= 15 is 0 Å². The van der Waals surface area contributed by atoms with E-state index in [1.807, 2.05) is 0 Å². The zero-order valence-electron chi connectivity index (χ0n) is 54.4. The smallest absolute Gasteiger partial charge is 0.303 e. The van der Waals surface area contributed by atoms with Crippen molar-refractivity contribution in [1.82, 2.24) is 0 Å². The van der Waals surface area contributed by atoms with Gasteiger partial charge in [0.2, 0.25) is 0 Å². The first kappa shape index (κ1) is 67.1. The van der Waals surface area contributed by atoms with Crippen LogP contribution in [0.3, 0.4) is 0 Å². The maximum Gasteiger partial charge on any atom is 0.303 e. The van der Waals surface area contributed by atoms with Gasteiger partial charge in [-0.2, -0.15) is 0 Å². The van der Waals surface area contributed by atoms with Crippen LogP contribution in [0.2, 0.25) is 0 Å². The van der Waals surface area contributed by atoms with Gasteiger partial charge in [0.25, 0.3) is 0 Å². The van der Waals surface area contributed by atoms with Gasteiger partial charge in [0.05, 0.1) is 36.6 Å². The van der Waals surface area contributed by atoms with Crippen molar-refractivity contribution in [2.75, 3.05) is 0 Å². The lowest BCUT2D eigenvalue weighted by atomic mass is 9.43. The molecule has 9 N–H and O–H groups in total.